The van der Waals surface area contributed by atoms with Crippen molar-refractivity contribution in [2.45, 2.75) is 327 Å². The molecule has 0 bridgehead atoms. The number of ether oxygens (including phenoxy) is 4. The smallest absolute Gasteiger partial charge is 0.306 e. The number of rotatable bonds is 50. The minimum Gasteiger partial charge on any atom is -0.462 e. The van der Waals surface area contributed by atoms with E-state index < -0.39 is 42.8 Å². The Morgan fingerprint density at radius 3 is 1.15 bits per heavy atom. The van der Waals surface area contributed by atoms with Crippen LogP contribution in [0, 0.1) is 0 Å². The minimum atomic E-state index is -1.59. The van der Waals surface area contributed by atoms with Crippen LogP contribution >= 0.6 is 0 Å². The second kappa shape index (κ2) is 47.5. The van der Waals surface area contributed by atoms with Crippen molar-refractivity contribution in [3.8, 4) is 0 Å². The number of unbranched alkanes of at least 4 members (excludes halogenated alkanes) is 36. The summed E-state index contributed by atoms with van der Waals surface area (Å²) in [6.07, 6.45) is 40.2. The number of carbonyl (C=O) groups is 3. The number of aliphatic hydroxyl groups is 3. The minimum absolute atomic E-state index is 0.0729. The van der Waals surface area contributed by atoms with Crippen molar-refractivity contribution in [3.63, 3.8) is 0 Å². The van der Waals surface area contributed by atoms with Crippen LogP contribution in [0.15, 0.2) is 0 Å². The summed E-state index contributed by atoms with van der Waals surface area (Å²) in [6, 6.07) is 0. The Hall–Kier alpha value is -1.79. The van der Waals surface area contributed by atoms with Gasteiger partial charge in [0.1, 0.15) is 31.0 Å². The Balaban J connectivity index is 2.49. The first-order valence-corrected chi connectivity index (χ1v) is 29.2. The topological polar surface area (TPSA) is 161 Å². The molecule has 11 heteroatoms. The van der Waals surface area contributed by atoms with E-state index in [0.717, 1.165) is 57.8 Å². The van der Waals surface area contributed by atoms with Crippen molar-refractivity contribution in [3.05, 3.63) is 0 Å². The molecule has 0 aliphatic carbocycles. The van der Waals surface area contributed by atoms with Crippen LogP contribution in [0.2, 0.25) is 0 Å². The third-order valence-electron chi connectivity index (χ3n) is 13.8. The summed E-state index contributed by atoms with van der Waals surface area (Å²) >= 11 is 0. The summed E-state index contributed by atoms with van der Waals surface area (Å²) in [5.74, 6) is -0.955. The van der Waals surface area contributed by atoms with Crippen LogP contribution in [-0.2, 0) is 33.3 Å². The molecule has 1 unspecified atom stereocenters. The largest absolute Gasteiger partial charge is 0.462 e. The van der Waals surface area contributed by atoms with Crippen molar-refractivity contribution in [2.75, 3.05) is 19.8 Å². The summed E-state index contributed by atoms with van der Waals surface area (Å²) in [7, 11) is 0. The molecule has 68 heavy (non-hydrogen) atoms. The first-order chi connectivity index (χ1) is 33.2. The Morgan fingerprint density at radius 1 is 0.426 bits per heavy atom. The lowest BCUT2D eigenvalue weighted by Crippen LogP contribution is -2.60. The highest BCUT2D eigenvalue weighted by atomic mass is 16.7. The maximum absolute atomic E-state index is 13.0. The molecule has 1 rings (SSSR count). The first kappa shape index (κ1) is 64.2. The predicted molar refractivity (Wildman–Crippen MR) is 277 cm³/mol. The second-order valence-electron chi connectivity index (χ2n) is 20.4. The molecule has 1 aliphatic heterocycles. The van der Waals surface area contributed by atoms with Gasteiger partial charge in [-0.05, 0) is 19.3 Å². The highest BCUT2D eigenvalue weighted by molar-refractivity contribution is 5.75. The summed E-state index contributed by atoms with van der Waals surface area (Å²) in [5.41, 5.74) is 0. The van der Waals surface area contributed by atoms with Gasteiger partial charge in [0, 0.05) is 25.8 Å². The van der Waals surface area contributed by atoms with Gasteiger partial charge in [-0.15, -0.1) is 0 Å². The molecule has 0 spiro atoms. The molecule has 0 radical (unpaired) electrons. The predicted octanol–water partition coefficient (Wildman–Crippen LogP) is 13.8. The highest BCUT2D eigenvalue weighted by Gasteiger charge is 2.44. The number of hydrogen-bond acceptors (Lipinski definition) is 10. The highest BCUT2D eigenvalue weighted by Crippen LogP contribution is 2.23. The lowest BCUT2D eigenvalue weighted by atomic mass is 9.98. The van der Waals surface area contributed by atoms with E-state index in [2.05, 4.69) is 26.1 Å². The van der Waals surface area contributed by atoms with Crippen molar-refractivity contribution in [1.82, 2.24) is 5.32 Å². The van der Waals surface area contributed by atoms with E-state index in [1.165, 1.54) is 186 Å². The molecule has 11 nitrogen and oxygen atoms in total. The number of amides is 1. The van der Waals surface area contributed by atoms with Gasteiger partial charge in [0.2, 0.25) is 5.91 Å². The zero-order valence-electron chi connectivity index (χ0n) is 44.5. The lowest BCUT2D eigenvalue weighted by molar-refractivity contribution is -0.299. The van der Waals surface area contributed by atoms with E-state index in [9.17, 15) is 29.7 Å². The van der Waals surface area contributed by atoms with Crippen LogP contribution in [0.4, 0.5) is 0 Å². The lowest BCUT2D eigenvalue weighted by Gasteiger charge is -2.40. The Labute approximate surface area is 417 Å². The van der Waals surface area contributed by atoms with E-state index >= 15 is 0 Å². The van der Waals surface area contributed by atoms with Crippen molar-refractivity contribution < 1.29 is 48.7 Å². The molecule has 0 saturated carbocycles. The SMILES string of the molecule is CCCCCCCCCCCCCCCCCC(=O)NC[C@H]1O[C@H](OCC(COC(=O)CCCCCCCCCCCCCCC)OC(=O)CCCCCCCCCCCCC)[C@H](O)[C@@H](O)[C@@H]1O. The molecule has 1 saturated heterocycles. The summed E-state index contributed by atoms with van der Waals surface area (Å²) in [4.78, 5) is 38.5. The molecule has 4 N–H and O–H groups in total. The van der Waals surface area contributed by atoms with Crippen LogP contribution in [0.5, 0.6) is 0 Å². The van der Waals surface area contributed by atoms with Crippen LogP contribution < -0.4 is 5.32 Å². The third-order valence-corrected chi connectivity index (χ3v) is 13.8. The monoisotopic (exact) mass is 968 g/mol. The van der Waals surface area contributed by atoms with E-state index in [4.69, 9.17) is 18.9 Å². The Morgan fingerprint density at radius 2 is 0.765 bits per heavy atom. The number of carbonyl (C=O) groups excluding carboxylic acids is 3. The van der Waals surface area contributed by atoms with Gasteiger partial charge in [0.05, 0.1) is 6.61 Å². The van der Waals surface area contributed by atoms with Crippen molar-refractivity contribution in [1.29, 1.82) is 0 Å². The molecule has 402 valence electrons. The molecular formula is C57H109NO10. The van der Waals surface area contributed by atoms with Crippen molar-refractivity contribution in [2.24, 2.45) is 0 Å². The zero-order valence-corrected chi connectivity index (χ0v) is 44.5. The van der Waals surface area contributed by atoms with Gasteiger partial charge in [0.25, 0.3) is 0 Å². The second-order valence-corrected chi connectivity index (χ2v) is 20.4. The Bertz CT molecular complexity index is 1140. The van der Waals surface area contributed by atoms with E-state index in [-0.39, 0.29) is 44.5 Å². The maximum Gasteiger partial charge on any atom is 0.306 e. The maximum atomic E-state index is 13.0. The zero-order chi connectivity index (χ0) is 49.6. The normalized spacial score (nSPS) is 18.7. The average Bonchev–Trinajstić information content (AvgIpc) is 3.33. The number of nitrogens with one attached hydrogen (secondary N) is 1. The van der Waals surface area contributed by atoms with E-state index in [0.29, 0.717) is 12.8 Å². The number of aliphatic hydroxyl groups excluding tert-OH is 3. The van der Waals surface area contributed by atoms with Gasteiger partial charge in [-0.3, -0.25) is 14.4 Å². The van der Waals surface area contributed by atoms with Gasteiger partial charge >= 0.3 is 11.9 Å². The fourth-order valence-electron chi connectivity index (χ4n) is 9.22. The van der Waals surface area contributed by atoms with Gasteiger partial charge in [-0.1, -0.05) is 252 Å². The quantitative estimate of drug-likeness (QED) is 0.0341. The fourth-order valence-corrected chi connectivity index (χ4v) is 9.22. The fraction of sp³-hybridized carbons (Fsp3) is 0.947. The van der Waals surface area contributed by atoms with E-state index in [1.54, 1.807) is 0 Å². The molecule has 6 atom stereocenters. The van der Waals surface area contributed by atoms with Crippen LogP contribution in [-0.4, -0.2) is 89.7 Å². The first-order valence-electron chi connectivity index (χ1n) is 29.2. The number of hydrogen-bond donors (Lipinski definition) is 4. The molecule has 1 fully saturated rings. The molecule has 1 heterocycles. The van der Waals surface area contributed by atoms with Gasteiger partial charge in [-0.25, -0.2) is 0 Å². The molecule has 1 aliphatic rings. The molecule has 0 aromatic heterocycles. The number of esters is 2. The van der Waals surface area contributed by atoms with Crippen LogP contribution in [0.1, 0.15) is 290 Å². The van der Waals surface area contributed by atoms with Crippen molar-refractivity contribution >= 4 is 17.8 Å². The van der Waals surface area contributed by atoms with Gasteiger partial charge in [-0.2, -0.15) is 0 Å². The van der Waals surface area contributed by atoms with E-state index in [1.807, 2.05) is 0 Å². The average molecular weight is 968 g/mol. The van der Waals surface area contributed by atoms with Crippen LogP contribution in [0.25, 0.3) is 0 Å². The van der Waals surface area contributed by atoms with Gasteiger partial charge in [0.15, 0.2) is 12.4 Å². The summed E-state index contributed by atoms with van der Waals surface area (Å²) < 4.78 is 23.1. The summed E-state index contributed by atoms with van der Waals surface area (Å²) in [6.45, 7) is 6.19. The molecule has 0 aromatic rings. The Kier molecular flexibility index (Phi) is 44.9. The summed E-state index contributed by atoms with van der Waals surface area (Å²) in [5, 5.41) is 35.0. The molecule has 0 aromatic carbocycles. The van der Waals surface area contributed by atoms with Gasteiger partial charge < -0.3 is 39.6 Å². The van der Waals surface area contributed by atoms with Crippen LogP contribution in [0.3, 0.4) is 0 Å². The molecular weight excluding hydrogens is 859 g/mol. The standard InChI is InChI=1S/C57H109NO10/c1-4-7-10-13-16-19-22-24-25-27-29-31-34-37-40-43-51(59)58-46-50-54(62)55(63)56(64)57(68-50)66-48-49(67-53(61)45-42-39-36-33-28-21-18-15-12-9-6-3)47-65-52(60)44-41-38-35-32-30-26-23-20-17-14-11-8-5-2/h49-50,54-57,62-64H,4-48H2,1-3H3,(H,58,59)/t49?,50-,54-,55+,56-,57+/m1/s1. The molecule has 1 amide bonds. The third kappa shape index (κ3) is 38.0.